The SMILES string of the molecule is C.CCCCCCOc1ccc(-c2nc(-c3ccccc3)nc(-c3ccccc3)n2)c(O)c1. The Morgan fingerprint density at radius 2 is 1.27 bits per heavy atom. The second-order valence-electron chi connectivity index (χ2n) is 7.63. The third-order valence-electron chi connectivity index (χ3n) is 5.18. The minimum atomic E-state index is 0. The van der Waals surface area contributed by atoms with E-state index in [9.17, 15) is 5.11 Å². The molecule has 0 radical (unpaired) electrons. The Balaban J connectivity index is 0.00000306. The first kappa shape index (κ1) is 23.9. The van der Waals surface area contributed by atoms with E-state index in [0.717, 1.165) is 24.0 Å². The fourth-order valence-corrected chi connectivity index (χ4v) is 3.44. The quantitative estimate of drug-likeness (QED) is 0.279. The molecule has 4 aromatic rings. The first-order chi connectivity index (χ1) is 15.7. The van der Waals surface area contributed by atoms with Crippen LogP contribution in [0.15, 0.2) is 78.9 Å². The molecule has 0 aliphatic carbocycles. The van der Waals surface area contributed by atoms with Crippen LogP contribution >= 0.6 is 0 Å². The van der Waals surface area contributed by atoms with Crippen LogP contribution in [0, 0.1) is 0 Å². The molecule has 0 saturated carbocycles. The van der Waals surface area contributed by atoms with Crippen molar-refractivity contribution in [2.75, 3.05) is 6.61 Å². The number of rotatable bonds is 9. The number of nitrogens with zero attached hydrogens (tertiary/aromatic N) is 3. The standard InChI is InChI=1S/C27H27N3O2.CH4/c1-2-3-4-11-18-32-22-16-17-23(24(31)19-22)27-29-25(20-12-7-5-8-13-20)28-26(30-27)21-14-9-6-10-15-21;/h5-10,12-17,19,31H,2-4,11,18H2,1H3;1H4. The van der Waals surface area contributed by atoms with Gasteiger partial charge in [0.25, 0.3) is 0 Å². The number of unbranched alkanes of at least 4 members (excludes halogenated alkanes) is 3. The van der Waals surface area contributed by atoms with Crippen LogP contribution in [-0.2, 0) is 0 Å². The molecule has 1 N–H and O–H groups in total. The zero-order chi connectivity index (χ0) is 22.2. The smallest absolute Gasteiger partial charge is 0.167 e. The summed E-state index contributed by atoms with van der Waals surface area (Å²) in [7, 11) is 0. The third kappa shape index (κ3) is 6.16. The summed E-state index contributed by atoms with van der Waals surface area (Å²) in [4.78, 5) is 14.0. The largest absolute Gasteiger partial charge is 0.507 e. The van der Waals surface area contributed by atoms with Crippen LogP contribution in [0.2, 0.25) is 0 Å². The first-order valence-electron chi connectivity index (χ1n) is 11.1. The highest BCUT2D eigenvalue weighted by atomic mass is 16.5. The van der Waals surface area contributed by atoms with Crippen LogP contribution in [-0.4, -0.2) is 26.7 Å². The molecule has 0 saturated heterocycles. The number of phenolic OH excluding ortho intramolecular Hbond substituents is 1. The molecule has 1 heterocycles. The van der Waals surface area contributed by atoms with Gasteiger partial charge in [-0.3, -0.25) is 0 Å². The van der Waals surface area contributed by atoms with Crippen LogP contribution in [0.25, 0.3) is 34.2 Å². The van der Waals surface area contributed by atoms with Crippen molar-refractivity contribution in [3.8, 4) is 45.7 Å². The molecule has 0 aliphatic rings. The summed E-state index contributed by atoms with van der Waals surface area (Å²) in [6.45, 7) is 2.83. The normalized spacial score (nSPS) is 10.5. The number of hydrogen-bond acceptors (Lipinski definition) is 5. The van der Waals surface area contributed by atoms with Crippen molar-refractivity contribution in [2.24, 2.45) is 0 Å². The number of ether oxygens (including phenoxy) is 1. The molecule has 0 fully saturated rings. The molecule has 170 valence electrons. The van der Waals surface area contributed by atoms with Crippen molar-refractivity contribution in [1.82, 2.24) is 15.0 Å². The minimum Gasteiger partial charge on any atom is -0.507 e. The van der Waals surface area contributed by atoms with Gasteiger partial charge >= 0.3 is 0 Å². The van der Waals surface area contributed by atoms with Gasteiger partial charge in [-0.05, 0) is 18.6 Å². The monoisotopic (exact) mass is 441 g/mol. The molecule has 0 amide bonds. The summed E-state index contributed by atoms with van der Waals surface area (Å²) in [5.41, 5.74) is 2.32. The molecular weight excluding hydrogens is 410 g/mol. The van der Waals surface area contributed by atoms with Gasteiger partial charge in [-0.25, -0.2) is 15.0 Å². The van der Waals surface area contributed by atoms with Crippen LogP contribution < -0.4 is 4.74 Å². The Morgan fingerprint density at radius 3 is 1.82 bits per heavy atom. The maximum absolute atomic E-state index is 10.7. The second-order valence-corrected chi connectivity index (χ2v) is 7.63. The highest BCUT2D eigenvalue weighted by Crippen LogP contribution is 2.32. The zero-order valence-electron chi connectivity index (χ0n) is 18.2. The number of benzene rings is 3. The van der Waals surface area contributed by atoms with Gasteiger partial charge < -0.3 is 9.84 Å². The molecule has 0 unspecified atom stereocenters. The Morgan fingerprint density at radius 1 is 0.697 bits per heavy atom. The minimum absolute atomic E-state index is 0. The van der Waals surface area contributed by atoms with Gasteiger partial charge in [0.15, 0.2) is 17.5 Å². The fraction of sp³-hybridized carbons (Fsp3) is 0.250. The van der Waals surface area contributed by atoms with Crippen LogP contribution in [0.4, 0.5) is 0 Å². The van der Waals surface area contributed by atoms with Crippen molar-refractivity contribution < 1.29 is 9.84 Å². The van der Waals surface area contributed by atoms with Crippen molar-refractivity contribution in [3.05, 3.63) is 78.9 Å². The summed E-state index contributed by atoms with van der Waals surface area (Å²) in [5.74, 6) is 2.27. The van der Waals surface area contributed by atoms with Crippen molar-refractivity contribution in [3.63, 3.8) is 0 Å². The van der Waals surface area contributed by atoms with E-state index >= 15 is 0 Å². The van der Waals surface area contributed by atoms with Crippen LogP contribution in [0.5, 0.6) is 11.5 Å². The van der Waals surface area contributed by atoms with Crippen LogP contribution in [0.3, 0.4) is 0 Å². The van der Waals surface area contributed by atoms with Gasteiger partial charge in [0.1, 0.15) is 11.5 Å². The van der Waals surface area contributed by atoms with Crippen molar-refractivity contribution in [2.45, 2.75) is 40.0 Å². The molecule has 1 aromatic heterocycles. The summed E-state index contributed by atoms with van der Waals surface area (Å²) in [6, 6.07) is 24.8. The number of hydrogen-bond donors (Lipinski definition) is 1. The van der Waals surface area contributed by atoms with E-state index in [1.54, 1.807) is 12.1 Å². The zero-order valence-corrected chi connectivity index (χ0v) is 18.2. The van der Waals surface area contributed by atoms with Crippen LogP contribution in [0.1, 0.15) is 40.0 Å². The maximum Gasteiger partial charge on any atom is 0.167 e. The van der Waals surface area contributed by atoms with E-state index in [4.69, 9.17) is 4.74 Å². The van der Waals surface area contributed by atoms with E-state index in [1.165, 1.54) is 12.8 Å². The maximum atomic E-state index is 10.7. The lowest BCUT2D eigenvalue weighted by molar-refractivity contribution is 0.303. The van der Waals surface area contributed by atoms with E-state index in [0.29, 0.717) is 35.4 Å². The Bertz CT molecular complexity index is 1090. The van der Waals surface area contributed by atoms with Gasteiger partial charge in [-0.15, -0.1) is 0 Å². The van der Waals surface area contributed by atoms with Gasteiger partial charge in [-0.2, -0.15) is 0 Å². The Kier molecular flexibility index (Phi) is 8.53. The predicted octanol–water partition coefficient (Wildman–Crippen LogP) is 7.17. The van der Waals surface area contributed by atoms with Crippen molar-refractivity contribution >= 4 is 0 Å². The Labute approximate surface area is 196 Å². The molecule has 0 spiro atoms. The molecule has 3 aromatic carbocycles. The topological polar surface area (TPSA) is 68.1 Å². The van der Waals surface area contributed by atoms with E-state index in [2.05, 4.69) is 21.9 Å². The van der Waals surface area contributed by atoms with E-state index in [1.807, 2.05) is 66.7 Å². The molecule has 0 bridgehead atoms. The molecular formula is C28H31N3O2. The average molecular weight is 442 g/mol. The first-order valence-corrected chi connectivity index (χ1v) is 11.1. The number of aromatic nitrogens is 3. The van der Waals surface area contributed by atoms with Gasteiger partial charge in [0.2, 0.25) is 0 Å². The van der Waals surface area contributed by atoms with Gasteiger partial charge in [0.05, 0.1) is 12.2 Å². The summed E-state index contributed by atoms with van der Waals surface area (Å²) in [5, 5.41) is 10.7. The molecule has 5 heteroatoms. The lowest BCUT2D eigenvalue weighted by Crippen LogP contribution is -2.01. The molecule has 4 rings (SSSR count). The van der Waals surface area contributed by atoms with E-state index in [-0.39, 0.29) is 13.2 Å². The number of phenols is 1. The molecule has 33 heavy (non-hydrogen) atoms. The predicted molar refractivity (Wildman–Crippen MR) is 134 cm³/mol. The molecule has 0 aliphatic heterocycles. The summed E-state index contributed by atoms with van der Waals surface area (Å²) >= 11 is 0. The highest BCUT2D eigenvalue weighted by Gasteiger charge is 2.15. The average Bonchev–Trinajstić information content (AvgIpc) is 2.85. The third-order valence-corrected chi connectivity index (χ3v) is 5.18. The van der Waals surface area contributed by atoms with E-state index < -0.39 is 0 Å². The lowest BCUT2D eigenvalue weighted by atomic mass is 10.1. The van der Waals surface area contributed by atoms with Gasteiger partial charge in [-0.1, -0.05) is 94.3 Å². The highest BCUT2D eigenvalue weighted by molar-refractivity contribution is 5.70. The summed E-state index contributed by atoms with van der Waals surface area (Å²) < 4.78 is 5.80. The van der Waals surface area contributed by atoms with Crippen molar-refractivity contribution in [1.29, 1.82) is 0 Å². The Hall–Kier alpha value is -3.73. The summed E-state index contributed by atoms with van der Waals surface area (Å²) in [6.07, 6.45) is 4.55. The lowest BCUT2D eigenvalue weighted by Gasteiger charge is -2.11. The molecule has 0 atom stereocenters. The molecule has 5 nitrogen and oxygen atoms in total. The fourth-order valence-electron chi connectivity index (χ4n) is 3.44. The van der Waals surface area contributed by atoms with Gasteiger partial charge in [0, 0.05) is 17.2 Å². The number of aromatic hydroxyl groups is 1. The second kappa shape index (κ2) is 11.8.